The van der Waals surface area contributed by atoms with Crippen LogP contribution in [0, 0.1) is 19.8 Å². The highest BCUT2D eigenvalue weighted by atomic mass is 127. The van der Waals surface area contributed by atoms with Crippen LogP contribution in [0.4, 0.5) is 0 Å². The summed E-state index contributed by atoms with van der Waals surface area (Å²) in [6.07, 6.45) is 4.63. The number of nitrogens with one attached hydrogen (secondary N) is 2. The molecule has 0 aromatic carbocycles. The van der Waals surface area contributed by atoms with Gasteiger partial charge in [0.05, 0.1) is 5.69 Å². The number of nitrogens with zero attached hydrogens (tertiary/aromatic N) is 3. The van der Waals surface area contributed by atoms with Gasteiger partial charge >= 0.3 is 0 Å². The van der Waals surface area contributed by atoms with Gasteiger partial charge in [-0.2, -0.15) is 5.10 Å². The Labute approximate surface area is 169 Å². The molecular formula is C18H34IN5O. The molecule has 1 aliphatic carbocycles. The zero-order valence-electron chi connectivity index (χ0n) is 16.1. The predicted molar refractivity (Wildman–Crippen MR) is 114 cm³/mol. The van der Waals surface area contributed by atoms with Crippen LogP contribution < -0.4 is 10.6 Å². The average Bonchev–Trinajstić information content (AvgIpc) is 3.34. The molecule has 0 saturated heterocycles. The second-order valence-electron chi connectivity index (χ2n) is 6.58. The van der Waals surface area contributed by atoms with Crippen molar-refractivity contribution in [2.24, 2.45) is 18.0 Å². The Morgan fingerprint density at radius 2 is 2.08 bits per heavy atom. The summed E-state index contributed by atoms with van der Waals surface area (Å²) in [7, 11) is 2.00. The van der Waals surface area contributed by atoms with Crippen LogP contribution in [0.3, 0.4) is 0 Å². The highest BCUT2D eigenvalue weighted by molar-refractivity contribution is 14.0. The van der Waals surface area contributed by atoms with E-state index in [1.54, 1.807) is 0 Å². The van der Waals surface area contributed by atoms with Crippen molar-refractivity contribution < 1.29 is 4.74 Å². The van der Waals surface area contributed by atoms with Gasteiger partial charge in [-0.15, -0.1) is 24.0 Å². The maximum Gasteiger partial charge on any atom is 0.191 e. The SMILES string of the molecule is CCNC(=NCCCOCC1CC1)NCCc1c(C)nn(C)c1C.I. The van der Waals surface area contributed by atoms with Gasteiger partial charge in [-0.05, 0) is 57.9 Å². The minimum Gasteiger partial charge on any atom is -0.381 e. The summed E-state index contributed by atoms with van der Waals surface area (Å²) in [4.78, 5) is 4.62. The molecule has 1 saturated carbocycles. The molecule has 1 heterocycles. The Morgan fingerprint density at radius 3 is 2.68 bits per heavy atom. The Kier molecular flexibility index (Phi) is 10.4. The van der Waals surface area contributed by atoms with E-state index >= 15 is 0 Å². The largest absolute Gasteiger partial charge is 0.381 e. The molecular weight excluding hydrogens is 429 g/mol. The zero-order chi connectivity index (χ0) is 17.4. The molecule has 144 valence electrons. The molecule has 0 unspecified atom stereocenters. The van der Waals surface area contributed by atoms with Gasteiger partial charge in [-0.3, -0.25) is 9.67 Å². The van der Waals surface area contributed by atoms with E-state index in [1.165, 1.54) is 24.1 Å². The van der Waals surface area contributed by atoms with E-state index < -0.39 is 0 Å². The lowest BCUT2D eigenvalue weighted by atomic mass is 10.1. The number of aryl methyl sites for hydroxylation is 2. The molecule has 0 bridgehead atoms. The van der Waals surface area contributed by atoms with E-state index in [0.717, 1.165) is 63.3 Å². The fourth-order valence-electron chi connectivity index (χ4n) is 2.72. The van der Waals surface area contributed by atoms with Crippen LogP contribution in [0.2, 0.25) is 0 Å². The maximum absolute atomic E-state index is 5.65. The number of halogens is 1. The number of guanidine groups is 1. The third-order valence-corrected chi connectivity index (χ3v) is 4.44. The zero-order valence-corrected chi connectivity index (χ0v) is 18.4. The quantitative estimate of drug-likeness (QED) is 0.242. The third kappa shape index (κ3) is 7.94. The highest BCUT2D eigenvalue weighted by Gasteiger charge is 2.20. The molecule has 6 nitrogen and oxygen atoms in total. The molecule has 1 aliphatic rings. The lowest BCUT2D eigenvalue weighted by molar-refractivity contribution is 0.123. The molecule has 25 heavy (non-hydrogen) atoms. The van der Waals surface area contributed by atoms with Crippen molar-refractivity contribution in [3.8, 4) is 0 Å². The summed E-state index contributed by atoms with van der Waals surface area (Å²) in [5.41, 5.74) is 3.69. The van der Waals surface area contributed by atoms with Crippen molar-refractivity contribution in [1.29, 1.82) is 0 Å². The van der Waals surface area contributed by atoms with Gasteiger partial charge in [0.15, 0.2) is 5.96 Å². The minimum atomic E-state index is 0. The van der Waals surface area contributed by atoms with Gasteiger partial charge in [0.25, 0.3) is 0 Å². The van der Waals surface area contributed by atoms with Gasteiger partial charge in [0.2, 0.25) is 0 Å². The van der Waals surface area contributed by atoms with E-state index in [-0.39, 0.29) is 24.0 Å². The lowest BCUT2D eigenvalue weighted by Crippen LogP contribution is -2.38. The van der Waals surface area contributed by atoms with Crippen LogP contribution in [0.5, 0.6) is 0 Å². The van der Waals surface area contributed by atoms with Crippen molar-refractivity contribution in [2.45, 2.75) is 46.5 Å². The fourth-order valence-corrected chi connectivity index (χ4v) is 2.72. The molecule has 0 radical (unpaired) electrons. The van der Waals surface area contributed by atoms with Crippen molar-refractivity contribution in [1.82, 2.24) is 20.4 Å². The van der Waals surface area contributed by atoms with Crippen LogP contribution in [0.15, 0.2) is 4.99 Å². The molecule has 7 heteroatoms. The van der Waals surface area contributed by atoms with Gasteiger partial charge in [0.1, 0.15) is 0 Å². The Morgan fingerprint density at radius 1 is 1.32 bits per heavy atom. The van der Waals surface area contributed by atoms with Crippen LogP contribution in [-0.4, -0.2) is 48.6 Å². The molecule has 0 amide bonds. The number of hydrogen-bond acceptors (Lipinski definition) is 3. The normalized spacial score (nSPS) is 14.3. The number of hydrogen-bond donors (Lipinski definition) is 2. The topological polar surface area (TPSA) is 63.5 Å². The van der Waals surface area contributed by atoms with Crippen LogP contribution in [-0.2, 0) is 18.2 Å². The molecule has 0 atom stereocenters. The van der Waals surface area contributed by atoms with E-state index in [4.69, 9.17) is 4.74 Å². The predicted octanol–water partition coefficient (Wildman–Crippen LogP) is 2.57. The monoisotopic (exact) mass is 463 g/mol. The van der Waals surface area contributed by atoms with Crippen molar-refractivity contribution >= 4 is 29.9 Å². The maximum atomic E-state index is 5.65. The first-order valence-electron chi connectivity index (χ1n) is 9.20. The molecule has 2 N–H and O–H groups in total. The summed E-state index contributed by atoms with van der Waals surface area (Å²) in [6.45, 7) is 10.6. The van der Waals surface area contributed by atoms with Crippen molar-refractivity contribution in [2.75, 3.05) is 32.8 Å². The van der Waals surface area contributed by atoms with Crippen molar-refractivity contribution in [3.63, 3.8) is 0 Å². The molecule has 1 aromatic rings. The average molecular weight is 463 g/mol. The van der Waals surface area contributed by atoms with E-state index in [1.807, 2.05) is 11.7 Å². The standard InChI is InChI=1S/C18H33N5O.HI/c1-5-19-18(20-10-6-12-24-13-16-7-8-16)21-11-9-17-14(2)22-23(4)15(17)3;/h16H,5-13H2,1-4H3,(H2,19,20,21);1H. The van der Waals surface area contributed by atoms with Gasteiger partial charge in [-0.25, -0.2) is 0 Å². The molecule has 0 aliphatic heterocycles. The Balaban J connectivity index is 0.00000312. The minimum absolute atomic E-state index is 0. The van der Waals surface area contributed by atoms with Gasteiger partial charge < -0.3 is 15.4 Å². The number of aromatic nitrogens is 2. The number of ether oxygens (including phenoxy) is 1. The van der Waals surface area contributed by atoms with E-state index in [9.17, 15) is 0 Å². The summed E-state index contributed by atoms with van der Waals surface area (Å²) in [5, 5.41) is 11.2. The second-order valence-corrected chi connectivity index (χ2v) is 6.58. The fraction of sp³-hybridized carbons (Fsp3) is 0.778. The van der Waals surface area contributed by atoms with Crippen LogP contribution in [0.1, 0.15) is 43.1 Å². The smallest absolute Gasteiger partial charge is 0.191 e. The summed E-state index contributed by atoms with van der Waals surface area (Å²) >= 11 is 0. The Hall–Kier alpha value is -0.830. The number of rotatable bonds is 10. The summed E-state index contributed by atoms with van der Waals surface area (Å²) in [6, 6.07) is 0. The lowest BCUT2D eigenvalue weighted by Gasteiger charge is -2.11. The first-order valence-corrected chi connectivity index (χ1v) is 9.20. The second kappa shape index (κ2) is 11.7. The molecule has 1 fully saturated rings. The Bertz CT molecular complexity index is 540. The van der Waals surface area contributed by atoms with Crippen LogP contribution in [0.25, 0.3) is 0 Å². The first-order chi connectivity index (χ1) is 11.6. The van der Waals surface area contributed by atoms with Crippen LogP contribution >= 0.6 is 24.0 Å². The summed E-state index contributed by atoms with van der Waals surface area (Å²) < 4.78 is 7.60. The molecule has 1 aromatic heterocycles. The van der Waals surface area contributed by atoms with Gasteiger partial charge in [-0.1, -0.05) is 0 Å². The summed E-state index contributed by atoms with van der Waals surface area (Å²) in [5.74, 6) is 1.73. The number of aliphatic imine (C=N–C) groups is 1. The first kappa shape index (κ1) is 22.2. The molecule has 2 rings (SSSR count). The van der Waals surface area contributed by atoms with E-state index in [2.05, 4.69) is 41.5 Å². The van der Waals surface area contributed by atoms with E-state index in [0.29, 0.717) is 0 Å². The third-order valence-electron chi connectivity index (χ3n) is 4.44. The highest BCUT2D eigenvalue weighted by Crippen LogP contribution is 2.28. The van der Waals surface area contributed by atoms with Gasteiger partial charge in [0, 0.05) is 45.6 Å². The molecule has 0 spiro atoms. The van der Waals surface area contributed by atoms with Crippen molar-refractivity contribution in [3.05, 3.63) is 17.0 Å².